The van der Waals surface area contributed by atoms with E-state index in [0.29, 0.717) is 0 Å². The molecule has 0 N–H and O–H groups in total. The lowest BCUT2D eigenvalue weighted by molar-refractivity contribution is 1.74. The van der Waals surface area contributed by atoms with E-state index < -0.39 is 0 Å². The minimum absolute atomic E-state index is 1.22. The molecule has 0 saturated carbocycles. The van der Waals surface area contributed by atoms with Crippen LogP contribution >= 0.6 is 0 Å². The summed E-state index contributed by atoms with van der Waals surface area (Å²) in [6.45, 7) is 0. The van der Waals surface area contributed by atoms with Crippen LogP contribution in [-0.2, 0) is 0 Å². The maximum absolute atomic E-state index is 4.72. The Labute approximate surface area is 37.1 Å². The lowest BCUT2D eigenvalue weighted by Crippen LogP contribution is -1.54. The van der Waals surface area contributed by atoms with Gasteiger partial charge in [0.1, 0.15) is 0 Å². The van der Waals surface area contributed by atoms with Crippen molar-refractivity contribution in [2.45, 2.75) is 0 Å². The number of aliphatic imine (C=N–C) groups is 1. The second-order valence-electron chi connectivity index (χ2n) is 0.554. The highest BCUT2D eigenvalue weighted by Crippen LogP contribution is 1.49. The summed E-state index contributed by atoms with van der Waals surface area (Å²) in [7, 11) is 0. The average Bonchev–Trinajstić information content (AvgIpc) is 1.61. The van der Waals surface area contributed by atoms with Crippen LogP contribution in [0, 0.1) is 24.8 Å². The molecule has 28 valence electrons. The van der Waals surface area contributed by atoms with Crippen molar-refractivity contribution >= 4 is 6.21 Å². The number of hydrogen-bond acceptors (Lipinski definition) is 1. The third-order valence-corrected chi connectivity index (χ3v) is 0.214. The molecule has 0 amide bonds. The molecule has 0 aromatic heterocycles. The van der Waals surface area contributed by atoms with Gasteiger partial charge in [0.25, 0.3) is 0 Å². The van der Waals surface area contributed by atoms with E-state index in [0.717, 1.165) is 0 Å². The summed E-state index contributed by atoms with van der Waals surface area (Å²) < 4.78 is 0. The first-order valence-corrected chi connectivity index (χ1v) is 1.35. The summed E-state index contributed by atoms with van der Waals surface area (Å²) in [6.07, 6.45) is 10.6. The molecular weight excluding hydrogens is 74.1 g/mol. The molecule has 0 aliphatic heterocycles. The fourth-order valence-corrected chi connectivity index (χ4v) is 0.0745. The van der Waals surface area contributed by atoms with E-state index in [9.17, 15) is 0 Å². The third-order valence-electron chi connectivity index (χ3n) is 0.214. The average molecular weight is 77.1 g/mol. The number of hydrogen-bond donors (Lipinski definition) is 0. The summed E-state index contributed by atoms with van der Waals surface area (Å²) in [5, 5.41) is 0. The number of terminal acetylenes is 2. The first-order valence-electron chi connectivity index (χ1n) is 1.35. The molecule has 0 aromatic carbocycles. The van der Waals surface area contributed by atoms with Crippen LogP contribution in [-0.4, -0.2) is 6.21 Å². The smallest absolute Gasteiger partial charge is 0.0871 e. The maximum Gasteiger partial charge on any atom is 0.0871 e. The third kappa shape index (κ3) is 2.79. The van der Waals surface area contributed by atoms with Gasteiger partial charge in [-0.25, -0.2) is 0 Å². The minimum Gasteiger partial charge on any atom is -0.197 e. The Bertz CT molecular complexity index is 104. The van der Waals surface area contributed by atoms with E-state index in [-0.39, 0.29) is 0 Å². The van der Waals surface area contributed by atoms with Gasteiger partial charge in [-0.3, -0.25) is 0 Å². The predicted octanol–water partition coefficient (Wildman–Crippen LogP) is 0.281. The largest absolute Gasteiger partial charge is 0.197 e. The van der Waals surface area contributed by atoms with Crippen LogP contribution in [0.1, 0.15) is 0 Å². The van der Waals surface area contributed by atoms with E-state index in [2.05, 4.69) is 17.3 Å². The molecule has 0 heterocycles. The minimum atomic E-state index is 1.22. The van der Waals surface area contributed by atoms with E-state index in [1.54, 1.807) is 0 Å². The van der Waals surface area contributed by atoms with Gasteiger partial charge in [0, 0.05) is 6.04 Å². The summed E-state index contributed by atoms with van der Waals surface area (Å²) in [4.78, 5) is 3.26. The number of rotatable bonds is 0. The van der Waals surface area contributed by atoms with E-state index in [4.69, 9.17) is 6.42 Å². The molecule has 1 heteroatoms. The van der Waals surface area contributed by atoms with Crippen molar-refractivity contribution in [1.29, 1.82) is 0 Å². The monoisotopic (exact) mass is 77.0 g/mol. The summed E-state index contributed by atoms with van der Waals surface area (Å²) in [5.74, 6) is 2.13. The molecule has 0 rings (SSSR count). The lowest BCUT2D eigenvalue weighted by atomic mass is 10.8. The van der Waals surface area contributed by atoms with Crippen molar-refractivity contribution in [3.05, 3.63) is 0 Å². The van der Waals surface area contributed by atoms with Crippen LogP contribution < -0.4 is 0 Å². The van der Waals surface area contributed by atoms with Gasteiger partial charge in [-0.15, -0.1) is 6.42 Å². The molecule has 1 nitrogen and oxygen atoms in total. The Morgan fingerprint density at radius 3 is 2.33 bits per heavy atom. The zero-order valence-electron chi connectivity index (χ0n) is 3.18. The molecular formula is C5H3N. The molecule has 0 unspecified atom stereocenters. The molecule has 0 radical (unpaired) electrons. The van der Waals surface area contributed by atoms with Crippen LogP contribution in [0.25, 0.3) is 0 Å². The van der Waals surface area contributed by atoms with Gasteiger partial charge in [0.2, 0.25) is 0 Å². The molecule has 0 aromatic rings. The Balaban J connectivity index is 3.36. The highest BCUT2D eigenvalue weighted by Gasteiger charge is 1.46. The molecule has 0 aliphatic rings. The SMILES string of the molecule is C#CC=NC#C. The van der Waals surface area contributed by atoms with Gasteiger partial charge in [-0.1, -0.05) is 12.3 Å². The maximum atomic E-state index is 4.72. The second kappa shape index (κ2) is 3.79. The summed E-state index contributed by atoms with van der Waals surface area (Å²) in [6, 6.07) is 2.00. The predicted molar refractivity (Wildman–Crippen MR) is 26.2 cm³/mol. The van der Waals surface area contributed by atoms with Crippen molar-refractivity contribution in [3.8, 4) is 24.8 Å². The Morgan fingerprint density at radius 2 is 2.17 bits per heavy atom. The lowest BCUT2D eigenvalue weighted by Gasteiger charge is -1.54. The van der Waals surface area contributed by atoms with Gasteiger partial charge in [0.05, 0.1) is 6.21 Å². The van der Waals surface area contributed by atoms with Crippen LogP contribution in [0.15, 0.2) is 4.99 Å². The molecule has 6 heavy (non-hydrogen) atoms. The molecule has 0 aliphatic carbocycles. The quantitative estimate of drug-likeness (QED) is 0.291. The van der Waals surface area contributed by atoms with Crippen LogP contribution in [0.4, 0.5) is 0 Å². The van der Waals surface area contributed by atoms with Crippen molar-refractivity contribution < 1.29 is 0 Å². The highest BCUT2D eigenvalue weighted by molar-refractivity contribution is 5.77. The van der Waals surface area contributed by atoms with Gasteiger partial charge in [-0.2, -0.15) is 4.99 Å². The normalized spacial score (nSPS) is 7.00. The zero-order chi connectivity index (χ0) is 4.83. The standard InChI is InChI=1S/C5H3N/c1-3-5-6-4-2/h1-2,5H. The molecule has 0 saturated heterocycles. The fourth-order valence-electron chi connectivity index (χ4n) is 0.0745. The van der Waals surface area contributed by atoms with Gasteiger partial charge in [0.15, 0.2) is 0 Å². The van der Waals surface area contributed by atoms with Crippen molar-refractivity contribution in [1.82, 2.24) is 0 Å². The van der Waals surface area contributed by atoms with Crippen molar-refractivity contribution in [3.63, 3.8) is 0 Å². The van der Waals surface area contributed by atoms with Gasteiger partial charge in [-0.05, 0) is 0 Å². The first-order chi connectivity index (χ1) is 2.91. The summed E-state index contributed by atoms with van der Waals surface area (Å²) >= 11 is 0. The van der Waals surface area contributed by atoms with Crippen molar-refractivity contribution in [2.75, 3.05) is 0 Å². The topological polar surface area (TPSA) is 12.4 Å². The fraction of sp³-hybridized carbons (Fsp3) is 0. The Morgan fingerprint density at radius 1 is 1.50 bits per heavy atom. The highest BCUT2D eigenvalue weighted by atomic mass is 14.6. The molecule has 0 spiro atoms. The van der Waals surface area contributed by atoms with E-state index in [1.807, 2.05) is 6.04 Å². The zero-order valence-corrected chi connectivity index (χ0v) is 3.18. The summed E-state index contributed by atoms with van der Waals surface area (Å²) in [5.41, 5.74) is 0. The first kappa shape index (κ1) is 4.79. The van der Waals surface area contributed by atoms with Crippen LogP contribution in [0.5, 0.6) is 0 Å². The second-order valence-corrected chi connectivity index (χ2v) is 0.554. The van der Waals surface area contributed by atoms with Crippen LogP contribution in [0.2, 0.25) is 0 Å². The van der Waals surface area contributed by atoms with E-state index in [1.165, 1.54) is 6.21 Å². The molecule has 0 bridgehead atoms. The van der Waals surface area contributed by atoms with Crippen LogP contribution in [0.3, 0.4) is 0 Å². The van der Waals surface area contributed by atoms with Gasteiger partial charge < -0.3 is 0 Å². The molecule has 0 fully saturated rings. The van der Waals surface area contributed by atoms with E-state index >= 15 is 0 Å². The Kier molecular flexibility index (Phi) is 3.03. The van der Waals surface area contributed by atoms with Gasteiger partial charge >= 0.3 is 0 Å². The number of nitrogens with zero attached hydrogens (tertiary/aromatic N) is 1. The Hall–Kier alpha value is -1.21. The van der Waals surface area contributed by atoms with Crippen molar-refractivity contribution in [2.24, 2.45) is 4.99 Å². The molecule has 0 atom stereocenters.